The molecule has 2 aromatic rings. The van der Waals surface area contributed by atoms with E-state index in [9.17, 15) is 5.26 Å². The summed E-state index contributed by atoms with van der Waals surface area (Å²) in [6.07, 6.45) is 1.88. The van der Waals surface area contributed by atoms with Crippen molar-refractivity contribution in [1.29, 1.82) is 10.5 Å². The van der Waals surface area contributed by atoms with Crippen molar-refractivity contribution in [1.82, 2.24) is 4.98 Å². The van der Waals surface area contributed by atoms with Gasteiger partial charge in [-0.2, -0.15) is 10.5 Å². The monoisotopic (exact) mass is 249 g/mol. The molecule has 0 bridgehead atoms. The van der Waals surface area contributed by atoms with E-state index in [2.05, 4.69) is 24.0 Å². The predicted octanol–water partition coefficient (Wildman–Crippen LogP) is 3.69. The molecule has 0 saturated carbocycles. The number of H-pyrrole nitrogens is 1. The van der Waals surface area contributed by atoms with Crippen LogP contribution in [0, 0.1) is 29.6 Å². The van der Waals surface area contributed by atoms with Crippen LogP contribution in [0.1, 0.15) is 35.9 Å². The number of rotatable bonds is 3. The number of benzene rings is 1. The Balaban J connectivity index is 2.55. The zero-order valence-corrected chi connectivity index (χ0v) is 11.1. The quantitative estimate of drug-likeness (QED) is 0.901. The molecule has 0 fully saturated rings. The minimum Gasteiger partial charge on any atom is -0.361 e. The maximum absolute atomic E-state index is 9.38. The van der Waals surface area contributed by atoms with Crippen molar-refractivity contribution >= 4 is 0 Å². The molecule has 0 spiro atoms. The van der Waals surface area contributed by atoms with Crippen LogP contribution >= 0.6 is 0 Å². The lowest BCUT2D eigenvalue weighted by atomic mass is 9.99. The van der Waals surface area contributed by atoms with Gasteiger partial charge in [0.05, 0.1) is 17.2 Å². The summed E-state index contributed by atoms with van der Waals surface area (Å²) >= 11 is 0. The van der Waals surface area contributed by atoms with Gasteiger partial charge in [-0.1, -0.05) is 25.5 Å². The van der Waals surface area contributed by atoms with Gasteiger partial charge in [0.15, 0.2) is 0 Å². The largest absolute Gasteiger partial charge is 0.361 e. The zero-order valence-electron chi connectivity index (χ0n) is 11.1. The number of nitrogens with zero attached hydrogens (tertiary/aromatic N) is 2. The second-order valence-corrected chi connectivity index (χ2v) is 4.53. The molecular formula is C16H15N3. The molecule has 1 aromatic carbocycles. The Morgan fingerprint density at radius 1 is 1.11 bits per heavy atom. The number of nitrogens with one attached hydrogen (secondary N) is 1. The van der Waals surface area contributed by atoms with Gasteiger partial charge in [-0.15, -0.1) is 0 Å². The van der Waals surface area contributed by atoms with E-state index in [0.29, 0.717) is 5.56 Å². The molecule has 19 heavy (non-hydrogen) atoms. The highest BCUT2D eigenvalue weighted by molar-refractivity contribution is 5.75. The minimum atomic E-state index is 0.629. The van der Waals surface area contributed by atoms with E-state index >= 15 is 0 Å². The molecule has 3 nitrogen and oxygen atoms in total. The summed E-state index contributed by atoms with van der Waals surface area (Å²) in [5.41, 5.74) is 5.29. The average Bonchev–Trinajstić information content (AvgIpc) is 2.75. The van der Waals surface area contributed by atoms with Crippen LogP contribution in [0.3, 0.4) is 0 Å². The van der Waals surface area contributed by atoms with Gasteiger partial charge in [0.1, 0.15) is 6.07 Å². The summed E-state index contributed by atoms with van der Waals surface area (Å²) in [7, 11) is 0. The van der Waals surface area contributed by atoms with Gasteiger partial charge >= 0.3 is 0 Å². The van der Waals surface area contributed by atoms with Crippen LogP contribution in [0.4, 0.5) is 0 Å². The van der Waals surface area contributed by atoms with E-state index in [1.807, 2.05) is 19.1 Å². The van der Waals surface area contributed by atoms with Gasteiger partial charge in [0.25, 0.3) is 0 Å². The van der Waals surface area contributed by atoms with Crippen molar-refractivity contribution in [3.05, 3.63) is 46.8 Å². The van der Waals surface area contributed by atoms with E-state index in [-0.39, 0.29) is 0 Å². The van der Waals surface area contributed by atoms with Crippen LogP contribution < -0.4 is 0 Å². The molecular weight excluding hydrogens is 234 g/mol. The first-order valence-electron chi connectivity index (χ1n) is 6.33. The van der Waals surface area contributed by atoms with Crippen LogP contribution in [-0.4, -0.2) is 4.98 Å². The van der Waals surface area contributed by atoms with Gasteiger partial charge in [0, 0.05) is 17.0 Å². The highest BCUT2D eigenvalue weighted by Crippen LogP contribution is 2.30. The van der Waals surface area contributed by atoms with E-state index in [0.717, 1.165) is 40.9 Å². The molecule has 0 unspecified atom stereocenters. The lowest BCUT2D eigenvalue weighted by Gasteiger charge is -2.02. The van der Waals surface area contributed by atoms with Gasteiger partial charge in [-0.3, -0.25) is 0 Å². The Hall–Kier alpha value is -2.52. The first-order chi connectivity index (χ1) is 9.21. The number of hydrogen-bond donors (Lipinski definition) is 1. The second kappa shape index (κ2) is 5.42. The van der Waals surface area contributed by atoms with Crippen LogP contribution in [0.25, 0.3) is 11.1 Å². The third-order valence-electron chi connectivity index (χ3n) is 3.18. The molecule has 94 valence electrons. The van der Waals surface area contributed by atoms with Crippen molar-refractivity contribution in [2.75, 3.05) is 0 Å². The van der Waals surface area contributed by atoms with E-state index in [1.165, 1.54) is 0 Å². The minimum absolute atomic E-state index is 0.629. The van der Waals surface area contributed by atoms with Crippen molar-refractivity contribution in [3.8, 4) is 23.3 Å². The summed E-state index contributed by atoms with van der Waals surface area (Å²) in [5, 5.41) is 18.2. The number of aromatic nitrogens is 1. The van der Waals surface area contributed by atoms with Crippen LogP contribution in [0.5, 0.6) is 0 Å². The summed E-state index contributed by atoms with van der Waals surface area (Å²) in [6, 6.07) is 11.8. The molecule has 0 aliphatic carbocycles. The van der Waals surface area contributed by atoms with E-state index in [1.54, 1.807) is 12.1 Å². The first-order valence-corrected chi connectivity index (χ1v) is 6.33. The van der Waals surface area contributed by atoms with Gasteiger partial charge in [0.2, 0.25) is 0 Å². The topological polar surface area (TPSA) is 63.4 Å². The Morgan fingerprint density at radius 2 is 1.79 bits per heavy atom. The summed E-state index contributed by atoms with van der Waals surface area (Å²) in [6.45, 7) is 4.08. The smallest absolute Gasteiger partial charge is 0.102 e. The molecule has 1 heterocycles. The number of nitriles is 2. The lowest BCUT2D eigenvalue weighted by molar-refractivity contribution is 0.885. The molecule has 0 amide bonds. The van der Waals surface area contributed by atoms with E-state index < -0.39 is 0 Å². The van der Waals surface area contributed by atoms with Crippen LogP contribution in [-0.2, 0) is 6.42 Å². The Morgan fingerprint density at radius 3 is 2.32 bits per heavy atom. The van der Waals surface area contributed by atoms with Gasteiger partial charge in [-0.25, -0.2) is 0 Å². The molecule has 0 aliphatic heterocycles. The zero-order chi connectivity index (χ0) is 13.8. The fourth-order valence-electron chi connectivity index (χ4n) is 2.32. The molecule has 1 N–H and O–H groups in total. The van der Waals surface area contributed by atoms with Crippen molar-refractivity contribution in [3.63, 3.8) is 0 Å². The summed E-state index contributed by atoms with van der Waals surface area (Å²) < 4.78 is 0. The SMILES string of the molecule is CCCc1[nH]c(C)c(-c2ccc(C#N)cc2)c1C#N. The highest BCUT2D eigenvalue weighted by atomic mass is 14.7. The number of hydrogen-bond acceptors (Lipinski definition) is 2. The Labute approximate surface area is 113 Å². The van der Waals surface area contributed by atoms with Crippen LogP contribution in [0.15, 0.2) is 24.3 Å². The maximum Gasteiger partial charge on any atom is 0.102 e. The molecule has 0 radical (unpaired) electrons. The fourth-order valence-corrected chi connectivity index (χ4v) is 2.32. The normalized spacial score (nSPS) is 9.89. The Kier molecular flexibility index (Phi) is 3.68. The number of aryl methyl sites for hydroxylation is 2. The highest BCUT2D eigenvalue weighted by Gasteiger charge is 2.15. The number of aromatic amines is 1. The third-order valence-corrected chi connectivity index (χ3v) is 3.18. The molecule has 2 rings (SSSR count). The van der Waals surface area contributed by atoms with Crippen molar-refractivity contribution in [2.24, 2.45) is 0 Å². The molecule has 1 aromatic heterocycles. The van der Waals surface area contributed by atoms with E-state index in [4.69, 9.17) is 5.26 Å². The fraction of sp³-hybridized carbons (Fsp3) is 0.250. The van der Waals surface area contributed by atoms with Crippen molar-refractivity contribution in [2.45, 2.75) is 26.7 Å². The molecule has 0 aliphatic rings. The first kappa shape index (κ1) is 12.9. The molecule has 0 atom stereocenters. The summed E-state index contributed by atoms with van der Waals surface area (Å²) in [4.78, 5) is 3.30. The standard InChI is InChI=1S/C16H15N3/c1-3-4-15-14(10-18)16(11(2)19-15)13-7-5-12(9-17)6-8-13/h5-8,19H,3-4H2,1-2H3. The average molecular weight is 249 g/mol. The predicted molar refractivity (Wildman–Crippen MR) is 74.4 cm³/mol. The van der Waals surface area contributed by atoms with Crippen LogP contribution in [0.2, 0.25) is 0 Å². The maximum atomic E-state index is 9.38. The van der Waals surface area contributed by atoms with Gasteiger partial charge in [-0.05, 0) is 31.0 Å². The van der Waals surface area contributed by atoms with Gasteiger partial charge < -0.3 is 4.98 Å². The van der Waals surface area contributed by atoms with Crippen molar-refractivity contribution < 1.29 is 0 Å². The second-order valence-electron chi connectivity index (χ2n) is 4.53. The molecule has 0 saturated heterocycles. The summed E-state index contributed by atoms with van der Waals surface area (Å²) in [5.74, 6) is 0. The lowest BCUT2D eigenvalue weighted by Crippen LogP contribution is -1.87. The third kappa shape index (κ3) is 2.37. The molecule has 3 heteroatoms. The Bertz CT molecular complexity index is 664.